The number of fused-ring (bicyclic) bond motifs is 3. The summed E-state index contributed by atoms with van der Waals surface area (Å²) in [4.78, 5) is 8.66. The molecule has 3 nitrogen and oxygen atoms in total. The van der Waals surface area contributed by atoms with Crippen molar-refractivity contribution in [2.75, 3.05) is 0 Å². The molecule has 6 heteroatoms. The summed E-state index contributed by atoms with van der Waals surface area (Å²) < 4.78 is 2.22. The zero-order chi connectivity index (χ0) is 26.6. The third-order valence-electron chi connectivity index (χ3n) is 6.32. The molecule has 0 aliphatic carbocycles. The second-order valence-electron chi connectivity index (χ2n) is 8.83. The number of rotatable bonds is 3. The molecule has 0 spiro atoms. The van der Waals surface area contributed by atoms with Crippen molar-refractivity contribution < 1.29 is 20.1 Å². The van der Waals surface area contributed by atoms with E-state index in [4.69, 9.17) is 23.2 Å². The summed E-state index contributed by atoms with van der Waals surface area (Å²) in [6.07, 6.45) is 3.58. The molecule has 7 rings (SSSR count). The maximum absolute atomic E-state index is 6.26. The van der Waals surface area contributed by atoms with Crippen LogP contribution in [-0.4, -0.2) is 14.5 Å². The summed E-state index contributed by atoms with van der Waals surface area (Å²) in [6, 6.07) is 44.0. The Hall–Kier alpha value is -3.79. The van der Waals surface area contributed by atoms with E-state index in [1.54, 1.807) is 12.4 Å². The molecule has 40 heavy (non-hydrogen) atoms. The second kappa shape index (κ2) is 12.6. The van der Waals surface area contributed by atoms with Gasteiger partial charge in [-0.25, -0.2) is 0 Å². The summed E-state index contributed by atoms with van der Waals surface area (Å²) in [7, 11) is 0. The average molecular weight is 735 g/mol. The first-order valence-corrected chi connectivity index (χ1v) is 13.1. The number of nitrogens with zero attached hydrogens (tertiary/aromatic N) is 3. The van der Waals surface area contributed by atoms with Gasteiger partial charge in [-0.2, -0.15) is 0 Å². The van der Waals surface area contributed by atoms with E-state index in [2.05, 4.69) is 38.8 Å². The smallest absolute Gasteiger partial charge is 0.0524 e. The van der Waals surface area contributed by atoms with Gasteiger partial charge >= 0.3 is 0 Å². The van der Waals surface area contributed by atoms with Gasteiger partial charge in [-0.15, -0.1) is 65.7 Å². The molecule has 1 radical (unpaired) electrons. The quantitative estimate of drug-likeness (QED) is 0.170. The minimum Gasteiger partial charge on any atom is -0.327 e. The van der Waals surface area contributed by atoms with E-state index in [0.29, 0.717) is 10.0 Å². The summed E-state index contributed by atoms with van der Waals surface area (Å²) in [5.41, 5.74) is 7.05. The third-order valence-corrected chi connectivity index (χ3v) is 6.79. The van der Waals surface area contributed by atoms with Gasteiger partial charge in [0.2, 0.25) is 0 Å². The summed E-state index contributed by atoms with van der Waals surface area (Å²) >= 11 is 12.5. The van der Waals surface area contributed by atoms with Gasteiger partial charge in [-0.3, -0.25) is 0 Å². The Morgan fingerprint density at radius 2 is 1.12 bits per heavy atom. The summed E-state index contributed by atoms with van der Waals surface area (Å²) in [5.74, 6) is 0. The molecule has 0 amide bonds. The first-order valence-electron chi connectivity index (χ1n) is 12.4. The molecular formula is C34H21Cl2IrN3-2. The summed E-state index contributed by atoms with van der Waals surface area (Å²) in [6.45, 7) is 0. The topological polar surface area (TPSA) is 30.7 Å². The van der Waals surface area contributed by atoms with E-state index in [1.807, 2.05) is 103 Å². The SMILES string of the molecule is Clc1ccc2c(c1)c1cc(Cl)ccc1n2-c1cc[c-]c(-c2ccccn2)c1.[Ir].[c-]1ccccc1-c1ccccn1. The number of halogens is 2. The van der Waals surface area contributed by atoms with Crippen molar-refractivity contribution in [2.24, 2.45) is 0 Å². The first-order chi connectivity index (χ1) is 19.2. The van der Waals surface area contributed by atoms with Gasteiger partial charge in [0.25, 0.3) is 0 Å². The molecule has 0 saturated heterocycles. The molecule has 3 aromatic heterocycles. The van der Waals surface area contributed by atoms with Gasteiger partial charge in [0.15, 0.2) is 0 Å². The van der Waals surface area contributed by atoms with Crippen molar-refractivity contribution in [3.63, 3.8) is 0 Å². The molecule has 0 atom stereocenters. The van der Waals surface area contributed by atoms with Crippen LogP contribution in [0.3, 0.4) is 0 Å². The molecule has 3 heterocycles. The Balaban J connectivity index is 0.000000209. The minimum atomic E-state index is 0. The molecule has 0 unspecified atom stereocenters. The zero-order valence-corrected chi connectivity index (χ0v) is 25.0. The number of aromatic nitrogens is 3. The number of hydrogen-bond acceptors (Lipinski definition) is 2. The van der Waals surface area contributed by atoms with Crippen molar-refractivity contribution in [2.45, 2.75) is 0 Å². The predicted octanol–water partition coefficient (Wildman–Crippen LogP) is 9.50. The fraction of sp³-hybridized carbons (Fsp3) is 0. The Labute approximate surface area is 256 Å². The average Bonchev–Trinajstić information content (AvgIpc) is 3.31. The maximum Gasteiger partial charge on any atom is 0.0524 e. The molecule has 0 aliphatic heterocycles. The summed E-state index contributed by atoms with van der Waals surface area (Å²) in [5, 5.41) is 3.56. The standard InChI is InChI=1S/C23H13Cl2N2.C11H8N.Ir/c24-16-7-9-22-19(13-16)20-14-17(25)8-10-23(20)27(22)18-5-3-4-15(12-18)21-6-1-2-11-26-21;1-2-6-10(7-3-1)11-8-4-5-9-12-11;/h1-3,5-14H;1-6,8-9H;/q2*-1;. The third kappa shape index (κ3) is 5.86. The number of hydrogen-bond donors (Lipinski definition) is 0. The van der Waals surface area contributed by atoms with Crippen molar-refractivity contribution in [1.29, 1.82) is 0 Å². The van der Waals surface area contributed by atoms with E-state index in [-0.39, 0.29) is 20.1 Å². The maximum atomic E-state index is 6.26. The normalized spacial score (nSPS) is 10.6. The van der Waals surface area contributed by atoms with Crippen molar-refractivity contribution in [3.05, 3.63) is 150 Å². The molecule has 0 saturated carbocycles. The molecule has 4 aromatic carbocycles. The van der Waals surface area contributed by atoms with Crippen LogP contribution in [0.15, 0.2) is 128 Å². The largest absolute Gasteiger partial charge is 0.327 e. The van der Waals surface area contributed by atoms with Crippen LogP contribution < -0.4 is 0 Å². The van der Waals surface area contributed by atoms with Crippen molar-refractivity contribution >= 4 is 45.0 Å². The van der Waals surface area contributed by atoms with Crippen LogP contribution in [0.2, 0.25) is 10.0 Å². The van der Waals surface area contributed by atoms with E-state index >= 15 is 0 Å². The number of pyridine rings is 2. The Morgan fingerprint density at radius 1 is 0.550 bits per heavy atom. The van der Waals surface area contributed by atoms with E-state index in [0.717, 1.165) is 50.0 Å². The Bertz CT molecular complexity index is 1780. The van der Waals surface area contributed by atoms with Crippen molar-refractivity contribution in [1.82, 2.24) is 14.5 Å². The minimum absolute atomic E-state index is 0. The van der Waals surface area contributed by atoms with Gasteiger partial charge < -0.3 is 14.5 Å². The molecule has 197 valence electrons. The molecule has 0 bridgehead atoms. The van der Waals surface area contributed by atoms with Crippen LogP contribution in [-0.2, 0) is 20.1 Å². The molecule has 7 aromatic rings. The van der Waals surface area contributed by atoms with Gasteiger partial charge in [0.1, 0.15) is 0 Å². The van der Waals surface area contributed by atoms with Crippen LogP contribution in [0.1, 0.15) is 0 Å². The van der Waals surface area contributed by atoms with E-state index in [9.17, 15) is 0 Å². The Kier molecular flexibility index (Phi) is 8.74. The van der Waals surface area contributed by atoms with Gasteiger partial charge in [-0.05, 0) is 65.6 Å². The van der Waals surface area contributed by atoms with Crippen LogP contribution in [0.25, 0.3) is 50.0 Å². The fourth-order valence-corrected chi connectivity index (χ4v) is 4.93. The predicted molar refractivity (Wildman–Crippen MR) is 161 cm³/mol. The molecule has 0 fully saturated rings. The monoisotopic (exact) mass is 734 g/mol. The Morgan fingerprint density at radius 3 is 1.68 bits per heavy atom. The molecule has 0 aliphatic rings. The van der Waals surface area contributed by atoms with Crippen LogP contribution in [0.4, 0.5) is 0 Å². The fourth-order valence-electron chi connectivity index (χ4n) is 4.58. The zero-order valence-electron chi connectivity index (χ0n) is 21.1. The van der Waals surface area contributed by atoms with Crippen molar-refractivity contribution in [3.8, 4) is 28.2 Å². The van der Waals surface area contributed by atoms with E-state index < -0.39 is 0 Å². The van der Waals surface area contributed by atoms with Crippen LogP contribution >= 0.6 is 23.2 Å². The van der Waals surface area contributed by atoms with Crippen LogP contribution in [0, 0.1) is 12.1 Å². The number of benzene rings is 4. The first kappa shape index (κ1) is 27.8. The molecular weight excluding hydrogens is 714 g/mol. The van der Waals surface area contributed by atoms with Gasteiger partial charge in [-0.1, -0.05) is 47.5 Å². The van der Waals surface area contributed by atoms with Gasteiger partial charge in [0, 0.05) is 53.3 Å². The van der Waals surface area contributed by atoms with E-state index in [1.165, 1.54) is 0 Å². The van der Waals surface area contributed by atoms with Gasteiger partial charge in [0.05, 0.1) is 11.0 Å². The second-order valence-corrected chi connectivity index (χ2v) is 9.70. The molecule has 0 N–H and O–H groups in total. The van der Waals surface area contributed by atoms with Crippen LogP contribution in [0.5, 0.6) is 0 Å².